The fraction of sp³-hybridized carbons (Fsp3) is 0.364. The second-order valence-corrected chi connectivity index (χ2v) is 4.20. The first-order valence-corrected chi connectivity index (χ1v) is 5.49. The molecule has 1 fully saturated rings. The number of carbonyl (C=O) groups excluding carboxylic acids is 2. The Morgan fingerprint density at radius 2 is 2.35 bits per heavy atom. The van der Waals surface area contributed by atoms with Crippen molar-refractivity contribution in [3.05, 3.63) is 23.4 Å². The summed E-state index contributed by atoms with van der Waals surface area (Å²) in [5.41, 5.74) is 0. The number of pyridine rings is 1. The van der Waals surface area contributed by atoms with Crippen molar-refractivity contribution >= 4 is 29.3 Å². The number of anilines is 1. The van der Waals surface area contributed by atoms with Gasteiger partial charge in [0.15, 0.2) is 0 Å². The van der Waals surface area contributed by atoms with Gasteiger partial charge in [-0.1, -0.05) is 11.6 Å². The van der Waals surface area contributed by atoms with Gasteiger partial charge >= 0.3 is 5.97 Å². The van der Waals surface area contributed by atoms with E-state index in [1.807, 2.05) is 0 Å². The number of carbonyl (C=O) groups is 2. The number of halogens is 1. The Balaban J connectivity index is 2.15. The molecule has 0 saturated carbocycles. The standard InChI is InChI=1S/C11H11ClN2O3/c1-17-11(16)7-4-10(15)14(6-7)9-3-2-8(12)5-13-9/h2-3,5,7H,4,6H2,1H3. The predicted octanol–water partition coefficient (Wildman–Crippen LogP) is 1.26. The van der Waals surface area contributed by atoms with Crippen molar-refractivity contribution in [3.8, 4) is 0 Å². The van der Waals surface area contributed by atoms with Gasteiger partial charge in [-0.25, -0.2) is 4.98 Å². The predicted molar refractivity (Wildman–Crippen MR) is 61.7 cm³/mol. The van der Waals surface area contributed by atoms with Crippen LogP contribution in [-0.2, 0) is 14.3 Å². The highest BCUT2D eigenvalue weighted by Gasteiger charge is 2.36. The quantitative estimate of drug-likeness (QED) is 0.746. The van der Waals surface area contributed by atoms with E-state index in [1.54, 1.807) is 12.1 Å². The largest absolute Gasteiger partial charge is 0.469 e. The van der Waals surface area contributed by atoms with Crippen LogP contribution in [0.1, 0.15) is 6.42 Å². The second kappa shape index (κ2) is 4.71. The maximum atomic E-state index is 11.7. The van der Waals surface area contributed by atoms with Crippen molar-refractivity contribution in [2.24, 2.45) is 5.92 Å². The number of rotatable bonds is 2. The third kappa shape index (κ3) is 2.39. The van der Waals surface area contributed by atoms with Gasteiger partial charge in [0, 0.05) is 19.2 Å². The Labute approximate surface area is 103 Å². The Bertz CT molecular complexity index is 447. The number of hydrogen-bond acceptors (Lipinski definition) is 4. The summed E-state index contributed by atoms with van der Waals surface area (Å²) in [4.78, 5) is 28.6. The molecule has 0 radical (unpaired) electrons. The summed E-state index contributed by atoms with van der Waals surface area (Å²) in [6.45, 7) is 0.306. The molecule has 1 amide bonds. The molecule has 2 rings (SSSR count). The van der Waals surface area contributed by atoms with Crippen LogP contribution in [0.15, 0.2) is 18.3 Å². The Morgan fingerprint density at radius 1 is 1.59 bits per heavy atom. The highest BCUT2D eigenvalue weighted by Crippen LogP contribution is 2.24. The van der Waals surface area contributed by atoms with E-state index in [2.05, 4.69) is 9.72 Å². The van der Waals surface area contributed by atoms with Crippen molar-refractivity contribution in [2.45, 2.75) is 6.42 Å². The molecule has 1 aliphatic rings. The van der Waals surface area contributed by atoms with Crippen molar-refractivity contribution in [1.82, 2.24) is 4.98 Å². The highest BCUT2D eigenvalue weighted by atomic mass is 35.5. The smallest absolute Gasteiger partial charge is 0.311 e. The number of aromatic nitrogens is 1. The van der Waals surface area contributed by atoms with Crippen LogP contribution in [0.25, 0.3) is 0 Å². The minimum absolute atomic E-state index is 0.129. The van der Waals surface area contributed by atoms with Crippen LogP contribution in [0.3, 0.4) is 0 Å². The van der Waals surface area contributed by atoms with Crippen LogP contribution in [0.5, 0.6) is 0 Å². The molecule has 1 aromatic heterocycles. The van der Waals surface area contributed by atoms with Gasteiger partial charge in [0.1, 0.15) is 5.82 Å². The van der Waals surface area contributed by atoms with Crippen molar-refractivity contribution < 1.29 is 14.3 Å². The van der Waals surface area contributed by atoms with Crippen LogP contribution in [0.2, 0.25) is 5.02 Å². The summed E-state index contributed by atoms with van der Waals surface area (Å²) in [5, 5.41) is 0.505. The van der Waals surface area contributed by atoms with E-state index in [0.717, 1.165) is 0 Å². The Morgan fingerprint density at radius 3 is 2.94 bits per heavy atom. The summed E-state index contributed by atoms with van der Waals surface area (Å²) in [5.74, 6) is -0.402. The molecule has 90 valence electrons. The summed E-state index contributed by atoms with van der Waals surface area (Å²) in [7, 11) is 1.32. The van der Waals surface area contributed by atoms with E-state index in [9.17, 15) is 9.59 Å². The van der Waals surface area contributed by atoms with Crippen LogP contribution >= 0.6 is 11.6 Å². The molecule has 1 atom stereocenters. The molecule has 0 spiro atoms. The summed E-state index contributed by atoms with van der Waals surface area (Å²) >= 11 is 5.72. The Hall–Kier alpha value is -1.62. The zero-order chi connectivity index (χ0) is 12.4. The average Bonchev–Trinajstić information content (AvgIpc) is 2.71. The molecule has 1 unspecified atom stereocenters. The summed E-state index contributed by atoms with van der Waals surface area (Å²) in [6, 6.07) is 3.31. The lowest BCUT2D eigenvalue weighted by Gasteiger charge is -2.14. The van der Waals surface area contributed by atoms with Gasteiger partial charge in [0.05, 0.1) is 18.1 Å². The van der Waals surface area contributed by atoms with Crippen LogP contribution in [-0.4, -0.2) is 30.5 Å². The zero-order valence-electron chi connectivity index (χ0n) is 9.22. The maximum Gasteiger partial charge on any atom is 0.311 e. The lowest BCUT2D eigenvalue weighted by atomic mass is 10.1. The maximum absolute atomic E-state index is 11.7. The molecule has 5 nitrogen and oxygen atoms in total. The second-order valence-electron chi connectivity index (χ2n) is 3.76. The summed E-state index contributed by atoms with van der Waals surface area (Å²) in [6.07, 6.45) is 1.63. The van der Waals surface area contributed by atoms with Gasteiger partial charge in [-0.3, -0.25) is 14.5 Å². The summed E-state index contributed by atoms with van der Waals surface area (Å²) < 4.78 is 4.63. The van der Waals surface area contributed by atoms with E-state index >= 15 is 0 Å². The lowest BCUT2D eigenvalue weighted by Crippen LogP contribution is -2.26. The number of amides is 1. The zero-order valence-corrected chi connectivity index (χ0v) is 9.98. The number of hydrogen-bond donors (Lipinski definition) is 0. The van der Waals surface area contributed by atoms with Gasteiger partial charge in [0.25, 0.3) is 0 Å². The molecule has 1 aromatic rings. The Kier molecular flexibility index (Phi) is 3.28. The van der Waals surface area contributed by atoms with Crippen molar-refractivity contribution in [3.63, 3.8) is 0 Å². The first kappa shape index (κ1) is 11.9. The molecule has 6 heteroatoms. The molecule has 17 heavy (non-hydrogen) atoms. The van der Waals surface area contributed by atoms with Crippen LogP contribution in [0.4, 0.5) is 5.82 Å². The average molecular weight is 255 g/mol. The number of esters is 1. The molecular weight excluding hydrogens is 244 g/mol. The third-order valence-corrected chi connectivity index (χ3v) is 2.87. The third-order valence-electron chi connectivity index (χ3n) is 2.65. The first-order chi connectivity index (χ1) is 8.11. The van der Waals surface area contributed by atoms with E-state index in [0.29, 0.717) is 17.4 Å². The van der Waals surface area contributed by atoms with Crippen molar-refractivity contribution in [2.75, 3.05) is 18.6 Å². The van der Waals surface area contributed by atoms with Gasteiger partial charge in [-0.05, 0) is 12.1 Å². The van der Waals surface area contributed by atoms with E-state index in [1.165, 1.54) is 18.2 Å². The minimum atomic E-state index is -0.412. The molecule has 1 aliphatic heterocycles. The van der Waals surface area contributed by atoms with E-state index < -0.39 is 5.92 Å². The molecule has 1 saturated heterocycles. The molecule has 2 heterocycles. The van der Waals surface area contributed by atoms with Gasteiger partial charge in [0.2, 0.25) is 5.91 Å². The van der Waals surface area contributed by atoms with Gasteiger partial charge in [-0.15, -0.1) is 0 Å². The highest BCUT2D eigenvalue weighted by molar-refractivity contribution is 6.30. The number of ether oxygens (including phenoxy) is 1. The fourth-order valence-corrected chi connectivity index (χ4v) is 1.89. The number of nitrogens with zero attached hydrogens (tertiary/aromatic N) is 2. The molecule has 0 aliphatic carbocycles. The first-order valence-electron chi connectivity index (χ1n) is 5.11. The molecule has 0 aromatic carbocycles. The fourth-order valence-electron chi connectivity index (χ4n) is 1.78. The topological polar surface area (TPSA) is 59.5 Å². The van der Waals surface area contributed by atoms with Crippen LogP contribution in [0, 0.1) is 5.92 Å². The van der Waals surface area contributed by atoms with Gasteiger partial charge in [-0.2, -0.15) is 0 Å². The number of methoxy groups -OCH3 is 1. The van der Waals surface area contributed by atoms with Crippen molar-refractivity contribution in [1.29, 1.82) is 0 Å². The van der Waals surface area contributed by atoms with E-state index in [-0.39, 0.29) is 18.3 Å². The SMILES string of the molecule is COC(=O)C1CC(=O)N(c2ccc(Cl)cn2)C1. The molecule has 0 N–H and O–H groups in total. The van der Waals surface area contributed by atoms with E-state index in [4.69, 9.17) is 11.6 Å². The monoisotopic (exact) mass is 254 g/mol. The molecule has 0 bridgehead atoms. The van der Waals surface area contributed by atoms with Gasteiger partial charge < -0.3 is 4.74 Å². The molecular formula is C11H11ClN2O3. The lowest BCUT2D eigenvalue weighted by molar-refractivity contribution is -0.145. The normalized spacial score (nSPS) is 19.5. The van der Waals surface area contributed by atoms with Crippen LogP contribution < -0.4 is 4.90 Å². The minimum Gasteiger partial charge on any atom is -0.469 e.